The summed E-state index contributed by atoms with van der Waals surface area (Å²) in [5, 5.41) is 0. The zero-order chi connectivity index (χ0) is 11.5. The Bertz CT molecular complexity index is 222. The van der Waals surface area contributed by atoms with E-state index in [-0.39, 0.29) is 12.1 Å². The summed E-state index contributed by atoms with van der Waals surface area (Å²) in [6, 6.07) is 0. The smallest absolute Gasteiger partial charge is 0.307 e. The van der Waals surface area contributed by atoms with Gasteiger partial charge in [0.15, 0.2) is 6.10 Å². The molecule has 15 heavy (non-hydrogen) atoms. The van der Waals surface area contributed by atoms with Crippen molar-refractivity contribution in [2.24, 2.45) is 0 Å². The number of carbonyl (C=O) groups is 1. The quantitative estimate of drug-likeness (QED) is 0.366. The van der Waals surface area contributed by atoms with E-state index < -0.39 is 0 Å². The predicted octanol–water partition coefficient (Wildman–Crippen LogP) is 3.30. The molecule has 0 bridgehead atoms. The van der Waals surface area contributed by atoms with Crippen LogP contribution in [0.15, 0.2) is 0 Å². The van der Waals surface area contributed by atoms with Crippen molar-refractivity contribution in [2.75, 3.05) is 0 Å². The van der Waals surface area contributed by atoms with Gasteiger partial charge in [0.05, 0.1) is 0 Å². The van der Waals surface area contributed by atoms with Crippen LogP contribution in [0.5, 0.6) is 0 Å². The summed E-state index contributed by atoms with van der Waals surface area (Å²) in [7, 11) is 0. The lowest BCUT2D eigenvalue weighted by Gasteiger charge is -2.06. The van der Waals surface area contributed by atoms with E-state index in [0.717, 1.165) is 12.8 Å². The molecule has 2 heteroatoms. The molecule has 86 valence electrons. The molecule has 0 aromatic carbocycles. The van der Waals surface area contributed by atoms with E-state index in [4.69, 9.17) is 4.74 Å². The Morgan fingerprint density at radius 1 is 1.27 bits per heavy atom. The fourth-order valence-corrected chi connectivity index (χ4v) is 1.36. The number of rotatable bonds is 7. The summed E-state index contributed by atoms with van der Waals surface area (Å²) in [4.78, 5) is 11.3. The monoisotopic (exact) mass is 210 g/mol. The average molecular weight is 210 g/mol. The highest BCUT2D eigenvalue weighted by atomic mass is 16.5. The Morgan fingerprint density at radius 2 is 1.93 bits per heavy atom. The molecular formula is C13H22O2. The van der Waals surface area contributed by atoms with Crippen LogP contribution in [-0.2, 0) is 9.53 Å². The van der Waals surface area contributed by atoms with Crippen molar-refractivity contribution in [3.63, 3.8) is 0 Å². The molecule has 1 atom stereocenters. The van der Waals surface area contributed by atoms with Gasteiger partial charge in [-0.3, -0.25) is 4.79 Å². The summed E-state index contributed by atoms with van der Waals surface area (Å²) in [6.45, 7) is 5.72. The van der Waals surface area contributed by atoms with Gasteiger partial charge in [-0.1, -0.05) is 38.5 Å². The highest BCUT2D eigenvalue weighted by Gasteiger charge is 2.05. The maximum Gasteiger partial charge on any atom is 0.307 e. The van der Waals surface area contributed by atoms with Crippen molar-refractivity contribution in [1.82, 2.24) is 0 Å². The molecule has 0 saturated carbocycles. The number of carbonyl (C=O) groups excluding carboxylic acids is 1. The number of hydrogen-bond donors (Lipinski definition) is 0. The molecule has 0 aromatic rings. The Kier molecular flexibility index (Phi) is 8.96. The average Bonchev–Trinajstić information content (AvgIpc) is 2.17. The van der Waals surface area contributed by atoms with Gasteiger partial charge in [-0.15, -0.1) is 5.92 Å². The summed E-state index contributed by atoms with van der Waals surface area (Å²) >= 11 is 0. The zero-order valence-electron chi connectivity index (χ0n) is 10.1. The largest absolute Gasteiger partial charge is 0.449 e. The van der Waals surface area contributed by atoms with E-state index in [0.29, 0.717) is 6.42 Å². The van der Waals surface area contributed by atoms with E-state index >= 15 is 0 Å². The minimum Gasteiger partial charge on any atom is -0.449 e. The minimum absolute atomic E-state index is 0.123. The van der Waals surface area contributed by atoms with Crippen molar-refractivity contribution in [1.29, 1.82) is 0 Å². The highest BCUT2D eigenvalue weighted by molar-refractivity contribution is 5.69. The highest BCUT2D eigenvalue weighted by Crippen LogP contribution is 2.06. The maximum absolute atomic E-state index is 11.3. The SMILES string of the molecule is CC#CC(C)OC(=O)CCCCCCC. The molecule has 0 aliphatic heterocycles. The van der Waals surface area contributed by atoms with Gasteiger partial charge in [0, 0.05) is 6.42 Å². The molecule has 0 rings (SSSR count). The molecule has 0 aromatic heterocycles. The van der Waals surface area contributed by atoms with Gasteiger partial charge in [-0.05, 0) is 20.3 Å². The zero-order valence-corrected chi connectivity index (χ0v) is 10.1. The van der Waals surface area contributed by atoms with Crippen molar-refractivity contribution >= 4 is 5.97 Å². The van der Waals surface area contributed by atoms with Crippen molar-refractivity contribution in [2.45, 2.75) is 65.4 Å². The Labute approximate surface area is 93.4 Å². The van der Waals surface area contributed by atoms with Crippen LogP contribution < -0.4 is 0 Å². The van der Waals surface area contributed by atoms with Crippen LogP contribution in [0.3, 0.4) is 0 Å². The van der Waals surface area contributed by atoms with Gasteiger partial charge in [0.25, 0.3) is 0 Å². The standard InChI is InChI=1S/C13H22O2/c1-4-6-7-8-9-11-13(14)15-12(3)10-5-2/h12H,4,6-9,11H2,1-3H3. The van der Waals surface area contributed by atoms with Gasteiger partial charge in [-0.2, -0.15) is 0 Å². The fraction of sp³-hybridized carbons (Fsp3) is 0.769. The second-order valence-electron chi connectivity index (χ2n) is 3.69. The maximum atomic E-state index is 11.3. The Hall–Kier alpha value is -0.970. The number of unbranched alkanes of at least 4 members (excludes halogenated alkanes) is 4. The van der Waals surface area contributed by atoms with Gasteiger partial charge in [0.1, 0.15) is 0 Å². The summed E-state index contributed by atoms with van der Waals surface area (Å²) in [6.07, 6.45) is 6.02. The lowest BCUT2D eigenvalue weighted by molar-refractivity contribution is -0.145. The summed E-state index contributed by atoms with van der Waals surface area (Å²) in [5.41, 5.74) is 0. The van der Waals surface area contributed by atoms with Crippen LogP contribution >= 0.6 is 0 Å². The van der Waals surface area contributed by atoms with Crippen molar-refractivity contribution in [3.05, 3.63) is 0 Å². The van der Waals surface area contributed by atoms with Crippen molar-refractivity contribution < 1.29 is 9.53 Å². The molecule has 0 amide bonds. The molecule has 0 heterocycles. The molecular weight excluding hydrogens is 188 g/mol. The number of hydrogen-bond acceptors (Lipinski definition) is 2. The van der Waals surface area contributed by atoms with Crippen molar-refractivity contribution in [3.8, 4) is 11.8 Å². The van der Waals surface area contributed by atoms with E-state index in [1.165, 1.54) is 19.3 Å². The van der Waals surface area contributed by atoms with Crippen LogP contribution in [-0.4, -0.2) is 12.1 Å². The third kappa shape index (κ3) is 9.34. The molecule has 0 aliphatic rings. The van der Waals surface area contributed by atoms with E-state index in [9.17, 15) is 4.79 Å². The van der Waals surface area contributed by atoms with Gasteiger partial charge in [-0.25, -0.2) is 0 Å². The Balaban J connectivity index is 3.43. The van der Waals surface area contributed by atoms with Crippen LogP contribution in [0.4, 0.5) is 0 Å². The first kappa shape index (κ1) is 14.0. The van der Waals surface area contributed by atoms with Gasteiger partial charge >= 0.3 is 5.97 Å². The number of esters is 1. The van der Waals surface area contributed by atoms with Crippen LogP contribution in [0.2, 0.25) is 0 Å². The molecule has 0 fully saturated rings. The Morgan fingerprint density at radius 3 is 2.53 bits per heavy atom. The summed E-state index contributed by atoms with van der Waals surface area (Å²) in [5.74, 6) is 5.40. The lowest BCUT2D eigenvalue weighted by atomic mass is 10.1. The third-order valence-electron chi connectivity index (χ3n) is 2.14. The second kappa shape index (κ2) is 9.58. The van der Waals surface area contributed by atoms with Crippen LogP contribution in [0, 0.1) is 11.8 Å². The van der Waals surface area contributed by atoms with Crippen LogP contribution in [0.1, 0.15) is 59.3 Å². The predicted molar refractivity (Wildman–Crippen MR) is 62.4 cm³/mol. The molecule has 0 N–H and O–H groups in total. The van der Waals surface area contributed by atoms with E-state index in [2.05, 4.69) is 18.8 Å². The first-order valence-electron chi connectivity index (χ1n) is 5.82. The van der Waals surface area contributed by atoms with Crippen LogP contribution in [0.25, 0.3) is 0 Å². The fourth-order valence-electron chi connectivity index (χ4n) is 1.36. The molecule has 0 radical (unpaired) electrons. The number of ether oxygens (including phenoxy) is 1. The van der Waals surface area contributed by atoms with E-state index in [1.807, 2.05) is 0 Å². The topological polar surface area (TPSA) is 26.3 Å². The van der Waals surface area contributed by atoms with E-state index in [1.54, 1.807) is 13.8 Å². The van der Waals surface area contributed by atoms with Gasteiger partial charge in [0.2, 0.25) is 0 Å². The third-order valence-corrected chi connectivity index (χ3v) is 2.14. The lowest BCUT2D eigenvalue weighted by Crippen LogP contribution is -2.12. The molecule has 0 spiro atoms. The molecule has 2 nitrogen and oxygen atoms in total. The molecule has 0 aliphatic carbocycles. The first-order chi connectivity index (χ1) is 7.20. The molecule has 0 saturated heterocycles. The minimum atomic E-state index is -0.266. The van der Waals surface area contributed by atoms with Gasteiger partial charge < -0.3 is 4.74 Å². The summed E-state index contributed by atoms with van der Waals surface area (Å²) < 4.78 is 5.08. The molecule has 1 unspecified atom stereocenters. The normalized spacial score (nSPS) is 11.4. The second-order valence-corrected chi connectivity index (χ2v) is 3.69. The first-order valence-corrected chi connectivity index (χ1v) is 5.82.